The van der Waals surface area contributed by atoms with Crippen LogP contribution in [0, 0.1) is 0 Å². The molecule has 22 heavy (non-hydrogen) atoms. The van der Waals surface area contributed by atoms with Gasteiger partial charge in [0.15, 0.2) is 0 Å². The molecule has 1 aromatic heterocycles. The summed E-state index contributed by atoms with van der Waals surface area (Å²) in [5, 5.41) is 0. The number of hydrogen-bond donors (Lipinski definition) is 0. The molecule has 2 amide bonds. The number of rotatable bonds is 1. The van der Waals surface area contributed by atoms with Gasteiger partial charge in [0.1, 0.15) is 11.9 Å². The molecule has 0 N–H and O–H groups in total. The van der Waals surface area contributed by atoms with Gasteiger partial charge < -0.3 is 23.7 Å². The normalized spacial score (nSPS) is 26.0. The van der Waals surface area contributed by atoms with Gasteiger partial charge in [-0.05, 0) is 6.07 Å². The van der Waals surface area contributed by atoms with Crippen LogP contribution in [0.25, 0.3) is 0 Å². The average Bonchev–Trinajstić information content (AvgIpc) is 2.97. The summed E-state index contributed by atoms with van der Waals surface area (Å²) >= 11 is 0. The predicted molar refractivity (Wildman–Crippen MR) is 76.4 cm³/mol. The van der Waals surface area contributed by atoms with Crippen molar-refractivity contribution in [3.8, 4) is 0 Å². The van der Waals surface area contributed by atoms with Crippen molar-refractivity contribution < 1.29 is 23.5 Å². The molecular weight excluding hydrogens is 288 g/mol. The second-order valence-electron chi connectivity index (χ2n) is 5.76. The van der Waals surface area contributed by atoms with Crippen LogP contribution in [0.15, 0.2) is 23.0 Å². The molecule has 0 saturated carbocycles. The lowest BCUT2D eigenvalue weighted by molar-refractivity contribution is -0.145. The number of furan rings is 1. The van der Waals surface area contributed by atoms with Gasteiger partial charge in [0.05, 0.1) is 44.7 Å². The summed E-state index contributed by atoms with van der Waals surface area (Å²) in [7, 11) is 0. The highest BCUT2D eigenvalue weighted by molar-refractivity contribution is 5.94. The average molecular weight is 308 g/mol. The van der Waals surface area contributed by atoms with Crippen molar-refractivity contribution in [2.24, 2.45) is 0 Å². The molecule has 2 fully saturated rings. The number of carbonyl (C=O) groups is 2. The molecule has 3 heterocycles. The first-order chi connectivity index (χ1) is 10.6. The van der Waals surface area contributed by atoms with Crippen molar-refractivity contribution in [1.82, 2.24) is 9.80 Å². The molecule has 7 heteroatoms. The van der Waals surface area contributed by atoms with Crippen molar-refractivity contribution in [1.29, 1.82) is 0 Å². The van der Waals surface area contributed by atoms with Crippen LogP contribution >= 0.6 is 0 Å². The highest BCUT2D eigenvalue weighted by atomic mass is 16.5. The van der Waals surface area contributed by atoms with E-state index in [0.29, 0.717) is 51.6 Å². The Bertz CT molecular complexity index is 544. The number of carbonyl (C=O) groups excluding carboxylic acids is 2. The van der Waals surface area contributed by atoms with E-state index >= 15 is 0 Å². The van der Waals surface area contributed by atoms with Crippen molar-refractivity contribution >= 4 is 11.8 Å². The quantitative estimate of drug-likeness (QED) is 0.749. The molecular formula is C15H20N2O5. The third-order valence-electron chi connectivity index (χ3n) is 4.10. The third-order valence-corrected chi connectivity index (χ3v) is 4.10. The molecule has 0 aromatic carbocycles. The van der Waals surface area contributed by atoms with E-state index in [-0.39, 0.29) is 11.8 Å². The lowest BCUT2D eigenvalue weighted by atomic mass is 10.0. The smallest absolute Gasteiger partial charge is 0.257 e. The fourth-order valence-electron chi connectivity index (χ4n) is 2.94. The summed E-state index contributed by atoms with van der Waals surface area (Å²) in [5.41, 5.74) is -0.130. The lowest BCUT2D eigenvalue weighted by Crippen LogP contribution is -2.60. The van der Waals surface area contributed by atoms with Crippen molar-refractivity contribution in [2.45, 2.75) is 12.5 Å². The van der Waals surface area contributed by atoms with Gasteiger partial charge in [0, 0.05) is 20.0 Å². The zero-order chi connectivity index (χ0) is 15.6. The van der Waals surface area contributed by atoms with Gasteiger partial charge in [-0.1, -0.05) is 0 Å². The van der Waals surface area contributed by atoms with E-state index in [1.165, 1.54) is 19.5 Å². The van der Waals surface area contributed by atoms with Gasteiger partial charge in [-0.3, -0.25) is 9.59 Å². The third kappa shape index (κ3) is 3.00. The maximum absolute atomic E-state index is 12.5. The molecule has 1 aromatic rings. The Labute approximate surface area is 128 Å². The maximum atomic E-state index is 12.5. The molecule has 3 rings (SSSR count). The Morgan fingerprint density at radius 3 is 2.68 bits per heavy atom. The summed E-state index contributed by atoms with van der Waals surface area (Å²) < 4.78 is 16.5. The highest BCUT2D eigenvalue weighted by Crippen LogP contribution is 2.24. The van der Waals surface area contributed by atoms with E-state index in [2.05, 4.69) is 0 Å². The van der Waals surface area contributed by atoms with Crippen molar-refractivity contribution in [3.05, 3.63) is 24.2 Å². The summed E-state index contributed by atoms with van der Waals surface area (Å²) in [4.78, 5) is 27.6. The molecule has 2 aliphatic rings. The zero-order valence-electron chi connectivity index (χ0n) is 12.6. The van der Waals surface area contributed by atoms with Gasteiger partial charge in [0.25, 0.3) is 5.91 Å². The van der Waals surface area contributed by atoms with E-state index in [4.69, 9.17) is 13.9 Å². The van der Waals surface area contributed by atoms with Gasteiger partial charge in [-0.25, -0.2) is 0 Å². The van der Waals surface area contributed by atoms with Gasteiger partial charge in [-0.15, -0.1) is 0 Å². The van der Waals surface area contributed by atoms with Crippen molar-refractivity contribution in [2.75, 3.05) is 46.0 Å². The SMILES string of the molecule is CC(=O)N1CCOCC2(C1)CN(C(=O)c1ccoc1)CCO2. The maximum Gasteiger partial charge on any atom is 0.257 e. The summed E-state index contributed by atoms with van der Waals surface area (Å²) in [6, 6.07) is 1.65. The summed E-state index contributed by atoms with van der Waals surface area (Å²) in [6.45, 7) is 4.75. The molecule has 120 valence electrons. The molecule has 1 unspecified atom stereocenters. The highest BCUT2D eigenvalue weighted by Gasteiger charge is 2.42. The van der Waals surface area contributed by atoms with Crippen molar-refractivity contribution in [3.63, 3.8) is 0 Å². The van der Waals surface area contributed by atoms with Crippen LogP contribution < -0.4 is 0 Å². The van der Waals surface area contributed by atoms with Crippen LogP contribution in [0.5, 0.6) is 0 Å². The molecule has 0 radical (unpaired) electrons. The van der Waals surface area contributed by atoms with E-state index in [1.54, 1.807) is 15.9 Å². The second-order valence-corrected chi connectivity index (χ2v) is 5.76. The topological polar surface area (TPSA) is 72.2 Å². The minimum atomic E-state index is -0.653. The Morgan fingerprint density at radius 2 is 1.95 bits per heavy atom. The van der Waals surface area contributed by atoms with E-state index < -0.39 is 5.60 Å². The van der Waals surface area contributed by atoms with Crippen LogP contribution in [-0.2, 0) is 14.3 Å². The standard InChI is InChI=1S/C15H20N2O5/c1-12(18)16-3-6-21-11-15(9-16)10-17(4-7-22-15)14(19)13-2-5-20-8-13/h2,5,8H,3-4,6-7,9-11H2,1H3. The molecule has 1 spiro atoms. The molecule has 2 saturated heterocycles. The fraction of sp³-hybridized carbons (Fsp3) is 0.600. The van der Waals surface area contributed by atoms with Gasteiger partial charge in [-0.2, -0.15) is 0 Å². The molecule has 0 aliphatic carbocycles. The number of hydrogen-bond acceptors (Lipinski definition) is 5. The Morgan fingerprint density at radius 1 is 1.18 bits per heavy atom. The molecule has 0 bridgehead atoms. The Balaban J connectivity index is 1.76. The summed E-state index contributed by atoms with van der Waals surface area (Å²) in [5.74, 6) is -0.0955. The summed E-state index contributed by atoms with van der Waals surface area (Å²) in [6.07, 6.45) is 2.92. The van der Waals surface area contributed by atoms with E-state index in [0.717, 1.165) is 0 Å². The minimum absolute atomic E-state index is 0.00763. The number of morpholine rings is 1. The van der Waals surface area contributed by atoms with E-state index in [1.807, 2.05) is 0 Å². The Hall–Kier alpha value is -1.86. The van der Waals surface area contributed by atoms with Gasteiger partial charge >= 0.3 is 0 Å². The predicted octanol–water partition coefficient (Wildman–Crippen LogP) is 0.369. The zero-order valence-corrected chi connectivity index (χ0v) is 12.6. The largest absolute Gasteiger partial charge is 0.472 e. The van der Waals surface area contributed by atoms with Crippen LogP contribution in [0.3, 0.4) is 0 Å². The molecule has 2 aliphatic heterocycles. The first-order valence-electron chi connectivity index (χ1n) is 7.38. The van der Waals surface area contributed by atoms with Crippen LogP contribution in [0.1, 0.15) is 17.3 Å². The molecule has 1 atom stereocenters. The van der Waals surface area contributed by atoms with Crippen LogP contribution in [-0.4, -0.2) is 73.2 Å². The van der Waals surface area contributed by atoms with E-state index in [9.17, 15) is 9.59 Å². The minimum Gasteiger partial charge on any atom is -0.472 e. The number of amides is 2. The van der Waals surface area contributed by atoms with Gasteiger partial charge in [0.2, 0.25) is 5.91 Å². The molecule has 7 nitrogen and oxygen atoms in total. The van der Waals surface area contributed by atoms with Crippen LogP contribution in [0.4, 0.5) is 0 Å². The lowest BCUT2D eigenvalue weighted by Gasteiger charge is -2.43. The first kappa shape index (κ1) is 15.1. The van der Waals surface area contributed by atoms with Crippen LogP contribution in [0.2, 0.25) is 0 Å². The second kappa shape index (κ2) is 6.10. The Kier molecular flexibility index (Phi) is 4.17. The number of nitrogens with zero attached hydrogens (tertiary/aromatic N) is 2. The monoisotopic (exact) mass is 308 g/mol. The number of ether oxygens (including phenoxy) is 2. The fourth-order valence-corrected chi connectivity index (χ4v) is 2.94. The first-order valence-corrected chi connectivity index (χ1v) is 7.38.